The molecule has 1 saturated heterocycles. The normalized spacial score (nSPS) is 21.4. The molecule has 2 rings (SSSR count). The Bertz CT molecular complexity index is 592. The molecule has 0 aliphatic carbocycles. The van der Waals surface area contributed by atoms with Gasteiger partial charge in [-0.25, -0.2) is 13.4 Å². The molecule has 1 aliphatic heterocycles. The minimum Gasteiger partial charge on any atom is -0.396 e. The lowest BCUT2D eigenvalue weighted by atomic mass is 10.2. The third-order valence-electron chi connectivity index (χ3n) is 3.01. The van der Waals surface area contributed by atoms with Crippen LogP contribution in [-0.2, 0) is 9.84 Å². The quantitative estimate of drug-likeness (QED) is 0.825. The first-order chi connectivity index (χ1) is 8.53. The van der Waals surface area contributed by atoms with Gasteiger partial charge in [0.05, 0.1) is 16.7 Å². The predicted octanol–water partition coefficient (Wildman–Crippen LogP) is 0.525. The van der Waals surface area contributed by atoms with Crippen LogP contribution in [0.3, 0.4) is 0 Å². The molecule has 0 aromatic carbocycles. The van der Waals surface area contributed by atoms with Crippen molar-refractivity contribution in [1.29, 1.82) is 5.26 Å². The number of nitrogens with one attached hydrogen (secondary N) is 1. The molecule has 18 heavy (non-hydrogen) atoms. The summed E-state index contributed by atoms with van der Waals surface area (Å²) >= 11 is 0. The lowest BCUT2D eigenvalue weighted by Crippen LogP contribution is -2.25. The highest BCUT2D eigenvalue weighted by molar-refractivity contribution is 7.92. The van der Waals surface area contributed by atoms with Crippen molar-refractivity contribution >= 4 is 21.3 Å². The first kappa shape index (κ1) is 12.6. The molecule has 2 heterocycles. The zero-order chi connectivity index (χ0) is 13.2. The average Bonchev–Trinajstić information content (AvgIpc) is 2.67. The molecule has 6 nitrogen and oxygen atoms in total. The van der Waals surface area contributed by atoms with Crippen LogP contribution in [0, 0.1) is 11.3 Å². The smallest absolute Gasteiger partial charge is 0.165 e. The summed E-state index contributed by atoms with van der Waals surface area (Å²) in [6.45, 7) is 0.324. The van der Waals surface area contributed by atoms with Crippen LogP contribution in [0.1, 0.15) is 18.5 Å². The number of nitriles is 1. The standard InChI is InChI=1S/C11H14N4O2S/c12-6-10-9(13)3-4-11(15-10)14-7-8-2-1-5-18(8,16)17/h3-4,8H,1-2,5,7,13H2,(H,14,15). The minimum atomic E-state index is -2.96. The van der Waals surface area contributed by atoms with E-state index in [0.717, 1.165) is 0 Å². The highest BCUT2D eigenvalue weighted by Gasteiger charge is 2.30. The number of nitrogens with zero attached hydrogens (tertiary/aromatic N) is 2. The zero-order valence-electron chi connectivity index (χ0n) is 9.76. The van der Waals surface area contributed by atoms with E-state index in [2.05, 4.69) is 10.3 Å². The van der Waals surface area contributed by atoms with Crippen molar-refractivity contribution < 1.29 is 8.42 Å². The molecule has 0 saturated carbocycles. The molecule has 1 fully saturated rings. The van der Waals surface area contributed by atoms with Gasteiger partial charge in [-0.05, 0) is 25.0 Å². The monoisotopic (exact) mass is 266 g/mol. The number of anilines is 2. The molecule has 1 aromatic heterocycles. The number of hydrogen-bond donors (Lipinski definition) is 2. The summed E-state index contributed by atoms with van der Waals surface area (Å²) in [5.74, 6) is 0.737. The number of aromatic nitrogens is 1. The average molecular weight is 266 g/mol. The van der Waals surface area contributed by atoms with Crippen molar-refractivity contribution in [3.8, 4) is 6.07 Å². The van der Waals surface area contributed by atoms with Crippen LogP contribution in [0.2, 0.25) is 0 Å². The van der Waals surface area contributed by atoms with E-state index in [0.29, 0.717) is 30.9 Å². The van der Waals surface area contributed by atoms with Gasteiger partial charge in [0.2, 0.25) is 0 Å². The molecular weight excluding hydrogens is 252 g/mol. The maximum absolute atomic E-state index is 11.6. The topological polar surface area (TPSA) is 109 Å². The van der Waals surface area contributed by atoms with Gasteiger partial charge in [-0.15, -0.1) is 0 Å². The highest BCUT2D eigenvalue weighted by atomic mass is 32.2. The number of sulfone groups is 1. The van der Waals surface area contributed by atoms with Gasteiger partial charge in [-0.2, -0.15) is 5.26 Å². The lowest BCUT2D eigenvalue weighted by molar-refractivity contribution is 0.591. The fourth-order valence-electron chi connectivity index (χ4n) is 1.96. The second-order valence-corrected chi connectivity index (χ2v) is 6.66. The lowest BCUT2D eigenvalue weighted by Gasteiger charge is -2.11. The Hall–Kier alpha value is -1.81. The second-order valence-electron chi connectivity index (χ2n) is 4.26. The molecule has 96 valence electrons. The van der Waals surface area contributed by atoms with E-state index in [9.17, 15) is 8.42 Å². The fourth-order valence-corrected chi connectivity index (χ4v) is 3.73. The van der Waals surface area contributed by atoms with Gasteiger partial charge in [-0.1, -0.05) is 0 Å². The minimum absolute atomic E-state index is 0.147. The molecule has 0 radical (unpaired) electrons. The Labute approximate surface area is 106 Å². The van der Waals surface area contributed by atoms with Crippen molar-refractivity contribution in [3.63, 3.8) is 0 Å². The van der Waals surface area contributed by atoms with Crippen molar-refractivity contribution in [2.75, 3.05) is 23.3 Å². The first-order valence-electron chi connectivity index (χ1n) is 5.65. The van der Waals surface area contributed by atoms with Crippen molar-refractivity contribution in [2.45, 2.75) is 18.1 Å². The van der Waals surface area contributed by atoms with E-state index in [1.807, 2.05) is 6.07 Å². The van der Waals surface area contributed by atoms with Crippen LogP contribution in [0.15, 0.2) is 12.1 Å². The second kappa shape index (κ2) is 4.82. The summed E-state index contributed by atoms with van der Waals surface area (Å²) in [7, 11) is -2.96. The van der Waals surface area contributed by atoms with Crippen LogP contribution in [0.25, 0.3) is 0 Å². The Morgan fingerprint density at radius 3 is 2.94 bits per heavy atom. The maximum Gasteiger partial charge on any atom is 0.165 e. The van der Waals surface area contributed by atoms with E-state index in [1.54, 1.807) is 12.1 Å². The van der Waals surface area contributed by atoms with Crippen LogP contribution in [0.4, 0.5) is 11.5 Å². The van der Waals surface area contributed by atoms with E-state index in [-0.39, 0.29) is 16.7 Å². The van der Waals surface area contributed by atoms with Gasteiger partial charge >= 0.3 is 0 Å². The van der Waals surface area contributed by atoms with Gasteiger partial charge in [0.15, 0.2) is 15.5 Å². The number of pyridine rings is 1. The molecule has 1 atom stereocenters. The van der Waals surface area contributed by atoms with E-state index in [4.69, 9.17) is 11.0 Å². The molecule has 1 aromatic rings. The van der Waals surface area contributed by atoms with Gasteiger partial charge in [0.25, 0.3) is 0 Å². The van der Waals surface area contributed by atoms with Crippen LogP contribution in [0.5, 0.6) is 0 Å². The van der Waals surface area contributed by atoms with Crippen LogP contribution in [-0.4, -0.2) is 30.9 Å². The molecule has 1 unspecified atom stereocenters. The Balaban J connectivity index is 2.05. The van der Waals surface area contributed by atoms with Gasteiger partial charge in [0.1, 0.15) is 11.9 Å². The summed E-state index contributed by atoms with van der Waals surface area (Å²) in [4.78, 5) is 4.01. The van der Waals surface area contributed by atoms with Crippen LogP contribution < -0.4 is 11.1 Å². The third kappa shape index (κ3) is 2.54. The molecule has 3 N–H and O–H groups in total. The summed E-state index contributed by atoms with van der Waals surface area (Å²) in [6.07, 6.45) is 1.39. The van der Waals surface area contributed by atoms with Crippen molar-refractivity contribution in [1.82, 2.24) is 4.98 Å². The molecule has 0 bridgehead atoms. The van der Waals surface area contributed by atoms with Gasteiger partial charge in [-0.3, -0.25) is 0 Å². The number of rotatable bonds is 3. The van der Waals surface area contributed by atoms with E-state index in [1.165, 1.54) is 0 Å². The molecular formula is C11H14N4O2S. The fraction of sp³-hybridized carbons (Fsp3) is 0.455. The third-order valence-corrected chi connectivity index (χ3v) is 5.28. The molecule has 0 amide bonds. The largest absolute Gasteiger partial charge is 0.396 e. The number of nitrogen functional groups attached to an aromatic ring is 1. The number of nitrogens with two attached hydrogens (primary N) is 1. The Morgan fingerprint density at radius 1 is 1.56 bits per heavy atom. The Kier molecular flexibility index (Phi) is 3.39. The zero-order valence-corrected chi connectivity index (χ0v) is 10.6. The molecule has 1 aliphatic rings. The molecule has 0 spiro atoms. The van der Waals surface area contributed by atoms with Gasteiger partial charge in [0, 0.05) is 6.54 Å². The highest BCUT2D eigenvalue weighted by Crippen LogP contribution is 2.20. The summed E-state index contributed by atoms with van der Waals surface area (Å²) in [5, 5.41) is 11.4. The van der Waals surface area contributed by atoms with E-state index < -0.39 is 9.84 Å². The Morgan fingerprint density at radius 2 is 2.33 bits per heavy atom. The summed E-state index contributed by atoms with van der Waals surface area (Å²) < 4.78 is 23.3. The summed E-state index contributed by atoms with van der Waals surface area (Å²) in [5.41, 5.74) is 6.02. The molecule has 7 heteroatoms. The number of hydrogen-bond acceptors (Lipinski definition) is 6. The SMILES string of the molecule is N#Cc1nc(NCC2CCCS2(=O)=O)ccc1N. The van der Waals surface area contributed by atoms with Crippen molar-refractivity contribution in [3.05, 3.63) is 17.8 Å². The van der Waals surface area contributed by atoms with Crippen LogP contribution >= 0.6 is 0 Å². The van der Waals surface area contributed by atoms with E-state index >= 15 is 0 Å². The van der Waals surface area contributed by atoms with Crippen molar-refractivity contribution in [2.24, 2.45) is 0 Å². The van der Waals surface area contributed by atoms with Gasteiger partial charge < -0.3 is 11.1 Å². The predicted molar refractivity (Wildman–Crippen MR) is 68.7 cm³/mol. The summed E-state index contributed by atoms with van der Waals surface area (Å²) in [6, 6.07) is 5.10. The maximum atomic E-state index is 11.6. The first-order valence-corrected chi connectivity index (χ1v) is 7.36.